The Morgan fingerprint density at radius 2 is 1.85 bits per heavy atom. The summed E-state index contributed by atoms with van der Waals surface area (Å²) < 4.78 is 0. The summed E-state index contributed by atoms with van der Waals surface area (Å²) in [5.74, 6) is 0.930. The lowest BCUT2D eigenvalue weighted by molar-refractivity contribution is 0.484. The molecule has 0 aliphatic heterocycles. The molecule has 4 nitrogen and oxygen atoms in total. The van der Waals surface area contributed by atoms with E-state index in [2.05, 4.69) is 9.98 Å². The topological polar surface area (TPSA) is 34.6 Å². The van der Waals surface area contributed by atoms with E-state index in [0.717, 1.165) is 11.6 Å². The molecular formula is C9H16N4. The minimum atomic E-state index is 0.930. The van der Waals surface area contributed by atoms with E-state index in [1.807, 2.05) is 56.5 Å². The van der Waals surface area contributed by atoms with Crippen molar-refractivity contribution in [1.82, 2.24) is 14.8 Å². The van der Waals surface area contributed by atoms with E-state index in [1.165, 1.54) is 0 Å². The summed E-state index contributed by atoms with van der Waals surface area (Å²) in [7, 11) is 7.91. The quantitative estimate of drug-likeness (QED) is 0.519. The second kappa shape index (κ2) is 3.98. The number of rotatable bonds is 1. The summed E-state index contributed by atoms with van der Waals surface area (Å²) in [6.07, 6.45) is 3.73. The SMILES string of the molecule is CN(C)C(=Nc1cc[nH]c1)N(C)C. The van der Waals surface area contributed by atoms with Crippen LogP contribution in [-0.2, 0) is 0 Å². The maximum Gasteiger partial charge on any atom is 0.200 e. The summed E-state index contributed by atoms with van der Waals surface area (Å²) in [6.45, 7) is 0. The zero-order chi connectivity index (χ0) is 9.84. The van der Waals surface area contributed by atoms with Gasteiger partial charge in [0, 0.05) is 40.6 Å². The highest BCUT2D eigenvalue weighted by Gasteiger charge is 2.03. The van der Waals surface area contributed by atoms with Crippen molar-refractivity contribution in [3.63, 3.8) is 0 Å². The number of H-pyrrole nitrogens is 1. The van der Waals surface area contributed by atoms with Crippen LogP contribution in [0.25, 0.3) is 0 Å². The van der Waals surface area contributed by atoms with Crippen LogP contribution in [0.1, 0.15) is 0 Å². The van der Waals surface area contributed by atoms with E-state index >= 15 is 0 Å². The van der Waals surface area contributed by atoms with Gasteiger partial charge >= 0.3 is 0 Å². The standard InChI is InChI=1S/C9H16N4/c1-12(2)9(13(3)4)11-8-5-6-10-7-8/h5-7,10H,1-4H3. The van der Waals surface area contributed by atoms with E-state index < -0.39 is 0 Å². The lowest BCUT2D eigenvalue weighted by Crippen LogP contribution is -2.35. The summed E-state index contributed by atoms with van der Waals surface area (Å²) in [6, 6.07) is 1.94. The molecule has 0 aliphatic carbocycles. The lowest BCUT2D eigenvalue weighted by atomic mass is 10.5. The van der Waals surface area contributed by atoms with E-state index in [4.69, 9.17) is 0 Å². The number of hydrogen-bond acceptors (Lipinski definition) is 1. The highest BCUT2D eigenvalue weighted by atomic mass is 15.3. The van der Waals surface area contributed by atoms with E-state index in [1.54, 1.807) is 0 Å². The van der Waals surface area contributed by atoms with Gasteiger partial charge in [-0.3, -0.25) is 0 Å². The minimum absolute atomic E-state index is 0.930. The smallest absolute Gasteiger partial charge is 0.200 e. The normalized spacial score (nSPS) is 9.54. The first-order chi connectivity index (χ1) is 6.11. The van der Waals surface area contributed by atoms with Crippen LogP contribution in [0.5, 0.6) is 0 Å². The Balaban J connectivity index is 2.87. The number of hydrogen-bond donors (Lipinski definition) is 1. The van der Waals surface area contributed by atoms with Gasteiger partial charge in [0.05, 0.1) is 5.69 Å². The summed E-state index contributed by atoms with van der Waals surface area (Å²) in [4.78, 5) is 11.4. The molecule has 1 heterocycles. The van der Waals surface area contributed by atoms with Crippen molar-refractivity contribution in [3.05, 3.63) is 18.5 Å². The minimum Gasteiger partial charge on any atom is -0.366 e. The summed E-state index contributed by atoms with van der Waals surface area (Å²) >= 11 is 0. The fraction of sp³-hybridized carbons (Fsp3) is 0.444. The molecule has 1 N–H and O–H groups in total. The Kier molecular flexibility index (Phi) is 2.95. The van der Waals surface area contributed by atoms with Gasteiger partial charge in [0.2, 0.25) is 5.96 Å². The summed E-state index contributed by atoms with van der Waals surface area (Å²) in [5.41, 5.74) is 0.942. The lowest BCUT2D eigenvalue weighted by Gasteiger charge is -2.22. The third-order valence-corrected chi connectivity index (χ3v) is 1.61. The molecule has 0 saturated heterocycles. The second-order valence-electron chi connectivity index (χ2n) is 3.27. The van der Waals surface area contributed by atoms with Crippen molar-refractivity contribution < 1.29 is 0 Å². The molecule has 0 aromatic carbocycles. The van der Waals surface area contributed by atoms with Crippen molar-refractivity contribution in [1.29, 1.82) is 0 Å². The molecule has 0 saturated carbocycles. The van der Waals surface area contributed by atoms with Gasteiger partial charge in [0.15, 0.2) is 0 Å². The molecule has 0 aliphatic rings. The average molecular weight is 180 g/mol. The van der Waals surface area contributed by atoms with E-state index in [-0.39, 0.29) is 0 Å². The van der Waals surface area contributed by atoms with Crippen LogP contribution < -0.4 is 0 Å². The second-order valence-corrected chi connectivity index (χ2v) is 3.27. The fourth-order valence-electron chi connectivity index (χ4n) is 1.10. The van der Waals surface area contributed by atoms with Gasteiger partial charge in [-0.15, -0.1) is 0 Å². The first-order valence-electron chi connectivity index (χ1n) is 4.17. The molecule has 0 spiro atoms. The third-order valence-electron chi connectivity index (χ3n) is 1.61. The highest BCUT2D eigenvalue weighted by Crippen LogP contribution is 2.10. The van der Waals surface area contributed by atoms with Crippen LogP contribution in [0.2, 0.25) is 0 Å². The number of nitrogens with zero attached hydrogens (tertiary/aromatic N) is 3. The summed E-state index contributed by atoms with van der Waals surface area (Å²) in [5, 5.41) is 0. The molecule has 0 atom stereocenters. The molecule has 1 aromatic heterocycles. The molecule has 1 aromatic rings. The molecule has 4 heteroatoms. The number of aliphatic imine (C=N–C) groups is 1. The maximum atomic E-state index is 4.45. The van der Waals surface area contributed by atoms with E-state index in [9.17, 15) is 0 Å². The molecule has 0 fully saturated rings. The predicted molar refractivity (Wildman–Crippen MR) is 55.3 cm³/mol. The Labute approximate surface area is 78.9 Å². The van der Waals surface area contributed by atoms with Crippen LogP contribution >= 0.6 is 0 Å². The average Bonchev–Trinajstić information content (AvgIpc) is 2.50. The Hall–Kier alpha value is -1.45. The molecular weight excluding hydrogens is 164 g/mol. The van der Waals surface area contributed by atoms with Crippen LogP contribution in [-0.4, -0.2) is 48.9 Å². The van der Waals surface area contributed by atoms with Gasteiger partial charge in [0.1, 0.15) is 0 Å². The van der Waals surface area contributed by atoms with Gasteiger partial charge < -0.3 is 14.8 Å². The molecule has 0 amide bonds. The zero-order valence-corrected chi connectivity index (χ0v) is 8.57. The van der Waals surface area contributed by atoms with Gasteiger partial charge in [0.25, 0.3) is 0 Å². The zero-order valence-electron chi connectivity index (χ0n) is 8.57. The first-order valence-corrected chi connectivity index (χ1v) is 4.17. The van der Waals surface area contributed by atoms with Crippen LogP contribution in [0.4, 0.5) is 5.69 Å². The van der Waals surface area contributed by atoms with Gasteiger partial charge in [-0.25, -0.2) is 4.99 Å². The first kappa shape index (κ1) is 9.64. The van der Waals surface area contributed by atoms with E-state index in [0.29, 0.717) is 0 Å². The molecule has 0 unspecified atom stereocenters. The molecule has 72 valence electrons. The number of guanidine groups is 1. The van der Waals surface area contributed by atoms with Gasteiger partial charge in [-0.1, -0.05) is 0 Å². The maximum absolute atomic E-state index is 4.45. The van der Waals surface area contributed by atoms with Gasteiger partial charge in [-0.05, 0) is 6.07 Å². The van der Waals surface area contributed by atoms with Crippen molar-refractivity contribution in [2.45, 2.75) is 0 Å². The molecule has 13 heavy (non-hydrogen) atoms. The molecule has 0 radical (unpaired) electrons. The Morgan fingerprint density at radius 3 is 2.23 bits per heavy atom. The van der Waals surface area contributed by atoms with Gasteiger partial charge in [-0.2, -0.15) is 0 Å². The van der Waals surface area contributed by atoms with Crippen LogP contribution in [0, 0.1) is 0 Å². The predicted octanol–water partition coefficient (Wildman–Crippen LogP) is 1.13. The largest absolute Gasteiger partial charge is 0.366 e. The molecule has 0 bridgehead atoms. The van der Waals surface area contributed by atoms with Crippen LogP contribution in [0.15, 0.2) is 23.5 Å². The number of aromatic nitrogens is 1. The fourth-order valence-corrected chi connectivity index (χ4v) is 1.10. The third kappa shape index (κ3) is 2.50. The van der Waals surface area contributed by atoms with Crippen molar-refractivity contribution >= 4 is 11.6 Å². The van der Waals surface area contributed by atoms with Crippen LogP contribution in [0.3, 0.4) is 0 Å². The molecule has 1 rings (SSSR count). The van der Waals surface area contributed by atoms with Crippen molar-refractivity contribution in [2.24, 2.45) is 4.99 Å². The number of nitrogens with one attached hydrogen (secondary N) is 1. The monoisotopic (exact) mass is 180 g/mol. The Bertz CT molecular complexity index is 262. The number of aromatic amines is 1. The van der Waals surface area contributed by atoms with Crippen molar-refractivity contribution in [2.75, 3.05) is 28.2 Å². The Morgan fingerprint density at radius 1 is 1.23 bits per heavy atom. The highest BCUT2D eigenvalue weighted by molar-refractivity contribution is 5.81. The van der Waals surface area contributed by atoms with Crippen molar-refractivity contribution in [3.8, 4) is 0 Å².